The van der Waals surface area contributed by atoms with E-state index in [4.69, 9.17) is 26.2 Å². The molecule has 8 heteroatoms. The van der Waals surface area contributed by atoms with Crippen LogP contribution in [0.1, 0.15) is 81.3 Å². The summed E-state index contributed by atoms with van der Waals surface area (Å²) in [5.74, 6) is 2.37. The molecule has 5 atom stereocenters. The third kappa shape index (κ3) is 7.55. The van der Waals surface area contributed by atoms with Crippen LogP contribution < -0.4 is 14.8 Å². The van der Waals surface area contributed by atoms with Crippen LogP contribution >= 0.6 is 23.5 Å². The number of aliphatic hydroxyl groups is 1. The predicted molar refractivity (Wildman–Crippen MR) is 177 cm³/mol. The standard InChI is InChI=1S/C35H47ClN2O4S/c1-23(20-43-37)7-5-9-31(39)28-13-10-26(28)19-38-21-35(16-6-8-24-17-27(36)12-14-29(24)35)22-41-32-15-11-25(18-30(32)38)33(40)42-34(2,3)4/h5,9,11-12,14-15,17-18,23,26,28,31,39H,6-8,10,13,16,19-22,37H2,1-4H3/b9-5+. The summed E-state index contributed by atoms with van der Waals surface area (Å²) in [6, 6.07) is 12.0. The number of anilines is 1. The molecule has 6 nitrogen and oxygen atoms in total. The van der Waals surface area contributed by atoms with Gasteiger partial charge in [-0.1, -0.05) is 48.7 Å². The highest BCUT2D eigenvalue weighted by molar-refractivity contribution is 7.97. The van der Waals surface area contributed by atoms with Gasteiger partial charge in [0.15, 0.2) is 0 Å². The van der Waals surface area contributed by atoms with Crippen molar-refractivity contribution in [1.29, 1.82) is 0 Å². The van der Waals surface area contributed by atoms with Crippen molar-refractivity contribution in [2.45, 2.75) is 83.3 Å². The maximum Gasteiger partial charge on any atom is 0.338 e. The molecule has 1 fully saturated rings. The van der Waals surface area contributed by atoms with Crippen molar-refractivity contribution in [2.75, 3.05) is 30.3 Å². The van der Waals surface area contributed by atoms with Crippen molar-refractivity contribution in [1.82, 2.24) is 0 Å². The molecule has 234 valence electrons. The van der Waals surface area contributed by atoms with E-state index in [0.29, 0.717) is 24.0 Å². The Balaban J connectivity index is 1.44. The summed E-state index contributed by atoms with van der Waals surface area (Å²) in [6.07, 6.45) is 9.70. The number of ether oxygens (including phenoxy) is 2. The third-order valence-corrected chi connectivity index (χ3v) is 10.3. The molecule has 0 saturated heterocycles. The first-order valence-corrected chi connectivity index (χ1v) is 17.1. The number of hydrogen-bond donors (Lipinski definition) is 2. The SMILES string of the molecule is CC(C/C=C/C(O)C1CCC1CN1CC2(CCCc3cc(Cl)ccc32)COc2ccc(C(=O)OC(C)(C)C)cc21)CSN. The lowest BCUT2D eigenvalue weighted by atomic mass is 9.68. The van der Waals surface area contributed by atoms with Gasteiger partial charge in [0.2, 0.25) is 0 Å². The lowest BCUT2D eigenvalue weighted by Gasteiger charge is -2.45. The minimum atomic E-state index is -0.582. The third-order valence-electron chi connectivity index (χ3n) is 9.29. The maximum absolute atomic E-state index is 13.1. The van der Waals surface area contributed by atoms with Crippen LogP contribution in [-0.4, -0.2) is 48.2 Å². The van der Waals surface area contributed by atoms with Gasteiger partial charge >= 0.3 is 5.97 Å². The van der Waals surface area contributed by atoms with Crippen LogP contribution in [0.2, 0.25) is 5.02 Å². The second-order valence-electron chi connectivity index (χ2n) is 13.9. The number of aryl methyl sites for hydroxylation is 1. The first kappa shape index (κ1) is 32.2. The number of rotatable bonds is 9. The summed E-state index contributed by atoms with van der Waals surface area (Å²) in [7, 11) is 0. The zero-order valence-corrected chi connectivity index (χ0v) is 27.6. The van der Waals surface area contributed by atoms with Crippen molar-refractivity contribution in [3.63, 3.8) is 0 Å². The van der Waals surface area contributed by atoms with E-state index in [2.05, 4.69) is 30.0 Å². The highest BCUT2D eigenvalue weighted by Gasteiger charge is 2.44. The van der Waals surface area contributed by atoms with Gasteiger partial charge in [-0.2, -0.15) is 0 Å². The van der Waals surface area contributed by atoms with Crippen LogP contribution in [0.4, 0.5) is 5.69 Å². The number of benzene rings is 2. The Bertz CT molecular complexity index is 1330. The quantitative estimate of drug-likeness (QED) is 0.171. The molecule has 5 rings (SSSR count). The smallest absolute Gasteiger partial charge is 0.338 e. The number of esters is 1. The molecule has 1 spiro atoms. The van der Waals surface area contributed by atoms with Crippen molar-refractivity contribution >= 4 is 35.2 Å². The summed E-state index contributed by atoms with van der Waals surface area (Å²) in [6.45, 7) is 9.96. The number of halogens is 1. The molecule has 0 amide bonds. The molecule has 3 aliphatic rings. The van der Waals surface area contributed by atoms with Crippen LogP contribution in [0.3, 0.4) is 0 Å². The van der Waals surface area contributed by atoms with E-state index in [0.717, 1.165) is 73.8 Å². The number of allylic oxidation sites excluding steroid dienone is 1. The van der Waals surface area contributed by atoms with Gasteiger partial charge in [0, 0.05) is 29.3 Å². The predicted octanol–water partition coefficient (Wildman–Crippen LogP) is 7.34. The Morgan fingerprint density at radius 2 is 2.09 bits per heavy atom. The molecule has 0 aromatic heterocycles. The lowest BCUT2D eigenvalue weighted by Crippen LogP contribution is -2.49. The number of nitrogens with zero attached hydrogens (tertiary/aromatic N) is 1. The van der Waals surface area contributed by atoms with E-state index in [-0.39, 0.29) is 17.3 Å². The van der Waals surface area contributed by atoms with E-state index >= 15 is 0 Å². The van der Waals surface area contributed by atoms with E-state index in [1.807, 2.05) is 51.1 Å². The molecular weight excluding hydrogens is 580 g/mol. The van der Waals surface area contributed by atoms with Crippen molar-refractivity contribution < 1.29 is 19.4 Å². The highest BCUT2D eigenvalue weighted by Crippen LogP contribution is 2.46. The van der Waals surface area contributed by atoms with E-state index in [9.17, 15) is 9.90 Å². The fourth-order valence-electron chi connectivity index (χ4n) is 6.96. The maximum atomic E-state index is 13.1. The van der Waals surface area contributed by atoms with Gasteiger partial charge < -0.3 is 19.5 Å². The fraction of sp³-hybridized carbons (Fsp3) is 0.571. The van der Waals surface area contributed by atoms with E-state index < -0.39 is 11.7 Å². The van der Waals surface area contributed by atoms with Gasteiger partial charge in [-0.25, -0.2) is 4.79 Å². The van der Waals surface area contributed by atoms with Crippen molar-refractivity contribution in [2.24, 2.45) is 22.9 Å². The first-order chi connectivity index (χ1) is 20.5. The van der Waals surface area contributed by atoms with E-state index in [1.165, 1.54) is 23.1 Å². The summed E-state index contributed by atoms with van der Waals surface area (Å²) in [4.78, 5) is 15.5. The summed E-state index contributed by atoms with van der Waals surface area (Å²) < 4.78 is 12.3. The number of aliphatic hydroxyl groups excluding tert-OH is 1. The van der Waals surface area contributed by atoms with Gasteiger partial charge in [0.25, 0.3) is 0 Å². The van der Waals surface area contributed by atoms with Gasteiger partial charge in [-0.3, -0.25) is 5.14 Å². The molecule has 2 aromatic rings. The van der Waals surface area contributed by atoms with E-state index in [1.54, 1.807) is 0 Å². The monoisotopic (exact) mass is 626 g/mol. The molecule has 2 aliphatic carbocycles. The molecule has 1 heterocycles. The lowest BCUT2D eigenvalue weighted by molar-refractivity contribution is 0.00695. The van der Waals surface area contributed by atoms with Crippen molar-refractivity contribution in [3.05, 3.63) is 70.3 Å². The number of nitrogens with two attached hydrogens (primary N) is 1. The molecule has 1 aliphatic heterocycles. The minimum absolute atomic E-state index is 0.196. The van der Waals surface area contributed by atoms with Crippen LogP contribution in [0.15, 0.2) is 48.6 Å². The van der Waals surface area contributed by atoms with Gasteiger partial charge in [0.1, 0.15) is 11.4 Å². The Hall–Kier alpha value is -2.19. The number of hydrogen-bond acceptors (Lipinski definition) is 7. The zero-order valence-electron chi connectivity index (χ0n) is 26.0. The second kappa shape index (κ2) is 13.4. The Morgan fingerprint density at radius 3 is 2.81 bits per heavy atom. The fourth-order valence-corrected chi connectivity index (χ4v) is 7.62. The summed E-state index contributed by atoms with van der Waals surface area (Å²) >= 11 is 7.79. The van der Waals surface area contributed by atoms with Gasteiger partial charge in [0.05, 0.1) is 24.0 Å². The van der Waals surface area contributed by atoms with Crippen molar-refractivity contribution in [3.8, 4) is 5.75 Å². The van der Waals surface area contributed by atoms with Gasteiger partial charge in [-0.05, 0) is 119 Å². The number of fused-ring (bicyclic) bond motifs is 3. The van der Waals surface area contributed by atoms with Crippen LogP contribution in [-0.2, 0) is 16.6 Å². The van der Waals surface area contributed by atoms with Gasteiger partial charge in [-0.15, -0.1) is 0 Å². The molecular formula is C35H47ClN2O4S. The normalized spacial score (nSPS) is 24.9. The minimum Gasteiger partial charge on any atom is -0.490 e. The molecule has 0 radical (unpaired) electrons. The highest BCUT2D eigenvalue weighted by atomic mass is 35.5. The first-order valence-electron chi connectivity index (χ1n) is 15.7. The van der Waals surface area contributed by atoms with Crippen LogP contribution in [0.25, 0.3) is 0 Å². The molecule has 5 unspecified atom stereocenters. The molecule has 2 aromatic carbocycles. The summed E-state index contributed by atoms with van der Waals surface area (Å²) in [5.41, 5.74) is 3.27. The number of carbonyl (C=O) groups is 1. The zero-order chi connectivity index (χ0) is 30.8. The topological polar surface area (TPSA) is 85.0 Å². The molecule has 3 N–H and O–H groups in total. The number of carbonyl (C=O) groups excluding carboxylic acids is 1. The second-order valence-corrected chi connectivity index (χ2v) is 15.0. The molecule has 43 heavy (non-hydrogen) atoms. The molecule has 0 bridgehead atoms. The van der Waals surface area contributed by atoms with Crippen LogP contribution in [0, 0.1) is 17.8 Å². The molecule has 1 saturated carbocycles. The average Bonchev–Trinajstić information content (AvgIpc) is 3.07. The largest absolute Gasteiger partial charge is 0.490 e. The average molecular weight is 627 g/mol. The summed E-state index contributed by atoms with van der Waals surface area (Å²) in [5, 5.41) is 17.5. The Kier molecular flexibility index (Phi) is 10.1. The van der Waals surface area contributed by atoms with Crippen LogP contribution in [0.5, 0.6) is 5.75 Å². The Morgan fingerprint density at radius 1 is 1.28 bits per heavy atom. The Labute approximate surface area is 266 Å².